The second-order valence-corrected chi connectivity index (χ2v) is 5.50. The molecule has 0 radical (unpaired) electrons. The molecule has 0 saturated heterocycles. The van der Waals surface area contributed by atoms with Gasteiger partial charge in [0.25, 0.3) is 10.1 Å². The Morgan fingerprint density at radius 3 is 2.29 bits per heavy atom. The van der Waals surface area contributed by atoms with Crippen molar-refractivity contribution in [2.45, 2.75) is 11.8 Å². The van der Waals surface area contributed by atoms with E-state index in [1.807, 2.05) is 0 Å². The molecule has 0 saturated carbocycles. The van der Waals surface area contributed by atoms with Crippen molar-refractivity contribution in [1.82, 2.24) is 0 Å². The van der Waals surface area contributed by atoms with Crippen molar-refractivity contribution in [2.24, 2.45) is 5.16 Å². The second kappa shape index (κ2) is 6.95. The fourth-order valence-corrected chi connectivity index (χ4v) is 2.14. The number of oxime groups is 1. The first-order valence-corrected chi connectivity index (χ1v) is 7.02. The van der Waals surface area contributed by atoms with E-state index >= 15 is 0 Å². The largest absolute Gasteiger partial charge is 0.476 e. The first kappa shape index (κ1) is 16.8. The van der Waals surface area contributed by atoms with Crippen LogP contribution < -0.4 is 0 Å². The number of carbonyl (C=O) groups excluding carboxylic acids is 1. The molecular formula is C12H13NO7S. The van der Waals surface area contributed by atoms with E-state index in [9.17, 15) is 18.0 Å². The van der Waals surface area contributed by atoms with Gasteiger partial charge in [-0.25, -0.2) is 4.79 Å². The van der Waals surface area contributed by atoms with E-state index in [1.54, 1.807) is 19.1 Å². The molecule has 1 rings (SSSR count). The number of carboxylic acid groups (broad SMARTS) is 1. The highest BCUT2D eigenvalue weighted by Gasteiger charge is 2.24. The summed E-state index contributed by atoms with van der Waals surface area (Å²) in [5.74, 6) is -2.77. The van der Waals surface area contributed by atoms with Crippen molar-refractivity contribution < 1.29 is 32.1 Å². The Morgan fingerprint density at radius 2 is 1.81 bits per heavy atom. The molecule has 0 fully saturated rings. The Balaban J connectivity index is 2.82. The number of carboxylic acids is 1. The fourth-order valence-electron chi connectivity index (χ4n) is 1.27. The van der Waals surface area contributed by atoms with Gasteiger partial charge in [0.1, 0.15) is 13.7 Å². The predicted octanol–water partition coefficient (Wildman–Crippen LogP) is 0.356. The minimum atomic E-state index is -4.16. The van der Waals surface area contributed by atoms with E-state index in [-0.39, 0.29) is 4.90 Å². The van der Waals surface area contributed by atoms with Gasteiger partial charge < -0.3 is 9.94 Å². The van der Waals surface area contributed by atoms with Gasteiger partial charge in [-0.3, -0.25) is 8.98 Å². The minimum Gasteiger partial charge on any atom is -0.476 e. The van der Waals surface area contributed by atoms with Crippen molar-refractivity contribution >= 4 is 27.6 Å². The molecule has 8 nitrogen and oxygen atoms in total. The number of hydrogen-bond acceptors (Lipinski definition) is 7. The number of benzene rings is 1. The maximum atomic E-state index is 11.8. The van der Waals surface area contributed by atoms with Crippen molar-refractivity contribution in [3.8, 4) is 0 Å². The number of carbonyl (C=O) groups is 2. The highest BCUT2D eigenvalue weighted by atomic mass is 32.2. The van der Waals surface area contributed by atoms with Gasteiger partial charge in [-0.1, -0.05) is 22.9 Å². The van der Waals surface area contributed by atoms with Crippen LogP contribution in [0.15, 0.2) is 34.3 Å². The Labute approximate surface area is 121 Å². The summed E-state index contributed by atoms with van der Waals surface area (Å²) in [5, 5.41) is 11.7. The molecule has 0 atom stereocenters. The Morgan fingerprint density at radius 1 is 1.24 bits per heavy atom. The second-order valence-electron chi connectivity index (χ2n) is 3.88. The summed E-state index contributed by atoms with van der Waals surface area (Å²) in [7, 11) is -3.10. The quantitative estimate of drug-likeness (QED) is 0.334. The Hall–Kier alpha value is -2.26. The molecule has 1 N–H and O–H groups in total. The lowest BCUT2D eigenvalue weighted by molar-refractivity contribution is -0.130. The average molecular weight is 315 g/mol. The monoisotopic (exact) mass is 315 g/mol. The van der Waals surface area contributed by atoms with Gasteiger partial charge >= 0.3 is 5.97 Å². The summed E-state index contributed by atoms with van der Waals surface area (Å²) in [6.45, 7) is 0.797. The van der Waals surface area contributed by atoms with Gasteiger partial charge in [0.15, 0.2) is 0 Å². The molecule has 9 heteroatoms. The number of aryl methyl sites for hydroxylation is 1. The summed E-state index contributed by atoms with van der Waals surface area (Å²) in [6, 6.07) is 5.76. The van der Waals surface area contributed by atoms with Gasteiger partial charge in [0.2, 0.25) is 11.5 Å². The molecule has 0 unspecified atom stereocenters. The third-order valence-electron chi connectivity index (χ3n) is 2.30. The maximum Gasteiger partial charge on any atom is 0.361 e. The van der Waals surface area contributed by atoms with Gasteiger partial charge in [-0.05, 0) is 19.1 Å². The summed E-state index contributed by atoms with van der Waals surface area (Å²) < 4.78 is 28.1. The molecule has 1 aromatic rings. The third kappa shape index (κ3) is 4.65. The lowest BCUT2D eigenvalue weighted by atomic mass is 10.2. The number of ketones is 1. The molecule has 0 spiro atoms. The lowest BCUT2D eigenvalue weighted by Gasteiger charge is -2.05. The number of hydrogen-bond donors (Lipinski definition) is 1. The topological polar surface area (TPSA) is 119 Å². The fraction of sp³-hybridized carbons (Fsp3) is 0.250. The molecule has 0 aliphatic carbocycles. The summed E-state index contributed by atoms with van der Waals surface area (Å²) >= 11 is 0. The van der Waals surface area contributed by atoms with Crippen LogP contribution in [0.3, 0.4) is 0 Å². The highest BCUT2D eigenvalue weighted by molar-refractivity contribution is 7.86. The van der Waals surface area contributed by atoms with E-state index in [1.165, 1.54) is 12.1 Å². The molecular weight excluding hydrogens is 302 g/mol. The van der Waals surface area contributed by atoms with Crippen molar-refractivity contribution in [2.75, 3.05) is 13.7 Å². The first-order chi connectivity index (χ1) is 9.77. The van der Waals surface area contributed by atoms with Crippen LogP contribution in [0.1, 0.15) is 5.56 Å². The maximum absolute atomic E-state index is 11.8. The zero-order valence-corrected chi connectivity index (χ0v) is 12.1. The van der Waals surface area contributed by atoms with Crippen LogP contribution in [0.5, 0.6) is 0 Å². The molecule has 0 heterocycles. The molecule has 0 aliphatic heterocycles. The van der Waals surface area contributed by atoms with Crippen LogP contribution >= 0.6 is 0 Å². The van der Waals surface area contributed by atoms with Crippen LogP contribution in [0.2, 0.25) is 0 Å². The minimum absolute atomic E-state index is 0.138. The van der Waals surface area contributed by atoms with Crippen molar-refractivity contribution in [1.29, 1.82) is 0 Å². The molecule has 0 amide bonds. The summed E-state index contributed by atoms with van der Waals surface area (Å²) in [4.78, 5) is 26.3. The predicted molar refractivity (Wildman–Crippen MR) is 71.4 cm³/mol. The van der Waals surface area contributed by atoms with E-state index in [0.29, 0.717) is 0 Å². The molecule has 21 heavy (non-hydrogen) atoms. The van der Waals surface area contributed by atoms with Crippen LogP contribution in [-0.2, 0) is 28.7 Å². The van der Waals surface area contributed by atoms with Crippen molar-refractivity contribution in [3.63, 3.8) is 0 Å². The summed E-state index contributed by atoms with van der Waals surface area (Å²) in [5.41, 5.74) is -0.0953. The van der Waals surface area contributed by atoms with Crippen LogP contribution in [0.25, 0.3) is 0 Å². The van der Waals surface area contributed by atoms with Crippen molar-refractivity contribution in [3.05, 3.63) is 29.8 Å². The number of aliphatic carboxylic acids is 1. The van der Waals surface area contributed by atoms with Gasteiger partial charge in [-0.2, -0.15) is 8.42 Å². The molecule has 1 aromatic carbocycles. The van der Waals surface area contributed by atoms with E-state index in [4.69, 9.17) is 5.11 Å². The zero-order chi connectivity index (χ0) is 16.0. The normalized spacial score (nSPS) is 12.0. The van der Waals surface area contributed by atoms with Gasteiger partial charge in [-0.15, -0.1) is 0 Å². The van der Waals surface area contributed by atoms with E-state index in [0.717, 1.165) is 12.7 Å². The number of Topliss-reactive ketones (excluding diaryl/α,β-unsaturated/α-hetero) is 1. The zero-order valence-electron chi connectivity index (χ0n) is 11.3. The Bertz CT molecular complexity index is 661. The van der Waals surface area contributed by atoms with Crippen LogP contribution in [0, 0.1) is 6.92 Å². The first-order valence-electron chi connectivity index (χ1n) is 5.61. The highest BCUT2D eigenvalue weighted by Crippen LogP contribution is 2.13. The average Bonchev–Trinajstić information content (AvgIpc) is 2.42. The van der Waals surface area contributed by atoms with E-state index < -0.39 is 34.2 Å². The molecule has 114 valence electrons. The van der Waals surface area contributed by atoms with Crippen LogP contribution in [-0.4, -0.2) is 44.7 Å². The number of rotatable bonds is 7. The van der Waals surface area contributed by atoms with Gasteiger partial charge in [0.05, 0.1) is 4.90 Å². The Kier molecular flexibility index (Phi) is 5.56. The van der Waals surface area contributed by atoms with Crippen LogP contribution in [0.4, 0.5) is 0 Å². The lowest BCUT2D eigenvalue weighted by Crippen LogP contribution is -2.29. The van der Waals surface area contributed by atoms with E-state index in [2.05, 4.69) is 14.2 Å². The molecule has 0 aliphatic rings. The number of nitrogens with zero attached hydrogens (tertiary/aromatic N) is 1. The molecule has 0 bridgehead atoms. The third-order valence-corrected chi connectivity index (χ3v) is 3.58. The smallest absolute Gasteiger partial charge is 0.361 e. The summed E-state index contributed by atoms with van der Waals surface area (Å²) in [6.07, 6.45) is 0. The standard InChI is InChI=1S/C12H13NO7S/c1-8-3-5-9(6-4-8)21(17,18)20-7-10(14)11(12(15)16)13-19-2/h3-6H,7H2,1-2H3,(H,15,16)/b13-11-. The van der Waals surface area contributed by atoms with Gasteiger partial charge in [0, 0.05) is 0 Å². The SMILES string of the molecule is CO/N=C(\C(=O)O)C(=O)COS(=O)(=O)c1ccc(C)cc1. The molecule has 0 aromatic heterocycles.